The summed E-state index contributed by atoms with van der Waals surface area (Å²) < 4.78 is 6.73. The van der Waals surface area contributed by atoms with Crippen LogP contribution < -0.4 is 11.1 Å². The van der Waals surface area contributed by atoms with Gasteiger partial charge in [-0.25, -0.2) is 9.78 Å². The van der Waals surface area contributed by atoms with E-state index < -0.39 is 5.97 Å². The number of esters is 1. The van der Waals surface area contributed by atoms with Crippen LogP contribution in [0.4, 0.5) is 11.5 Å². The van der Waals surface area contributed by atoms with E-state index in [0.717, 1.165) is 13.0 Å². The molecule has 0 spiro atoms. The second-order valence-corrected chi connectivity index (χ2v) is 4.33. The molecule has 0 aliphatic heterocycles. The Kier molecular flexibility index (Phi) is 5.08. The Hall–Kier alpha value is -2.64. The predicted molar refractivity (Wildman–Crippen MR) is 77.7 cm³/mol. The van der Waals surface area contributed by atoms with Crippen molar-refractivity contribution in [1.29, 1.82) is 0 Å². The minimum atomic E-state index is -0.434. The fraction of sp³-hybridized carbons (Fsp3) is 0.385. The molecule has 0 aliphatic carbocycles. The topological polar surface area (TPSA) is 108 Å². The van der Waals surface area contributed by atoms with E-state index in [0.29, 0.717) is 30.2 Å². The number of ether oxygens (including phenoxy) is 1. The second kappa shape index (κ2) is 7.22. The van der Waals surface area contributed by atoms with Gasteiger partial charge in [0.2, 0.25) is 0 Å². The summed E-state index contributed by atoms with van der Waals surface area (Å²) in [7, 11) is 0. The predicted octanol–water partition coefficient (Wildman–Crippen LogP) is 0.934. The minimum Gasteiger partial charge on any atom is -0.462 e. The van der Waals surface area contributed by atoms with Crippen LogP contribution in [0.1, 0.15) is 23.7 Å². The Balaban J connectivity index is 1.94. The van der Waals surface area contributed by atoms with E-state index in [1.807, 2.05) is 0 Å². The maximum absolute atomic E-state index is 11.9. The molecule has 3 N–H and O–H groups in total. The summed E-state index contributed by atoms with van der Waals surface area (Å²) in [6.45, 7) is 3.43. The lowest BCUT2D eigenvalue weighted by molar-refractivity contribution is 0.0527. The molecule has 0 fully saturated rings. The van der Waals surface area contributed by atoms with Crippen LogP contribution >= 0.6 is 0 Å². The maximum Gasteiger partial charge on any atom is 0.341 e. The number of aryl methyl sites for hydroxylation is 1. The van der Waals surface area contributed by atoms with Crippen LogP contribution in [0.15, 0.2) is 24.7 Å². The Labute approximate surface area is 122 Å². The lowest BCUT2D eigenvalue weighted by Crippen LogP contribution is -2.14. The van der Waals surface area contributed by atoms with Gasteiger partial charge in [-0.3, -0.25) is 4.68 Å². The monoisotopic (exact) mass is 290 g/mol. The van der Waals surface area contributed by atoms with Crippen molar-refractivity contribution in [2.24, 2.45) is 0 Å². The number of pyridine rings is 1. The molecule has 0 aromatic carbocycles. The molecule has 0 aliphatic rings. The fourth-order valence-electron chi connectivity index (χ4n) is 1.79. The summed E-state index contributed by atoms with van der Waals surface area (Å²) in [4.78, 5) is 16.0. The summed E-state index contributed by atoms with van der Waals surface area (Å²) >= 11 is 0. The van der Waals surface area contributed by atoms with E-state index in [1.165, 1.54) is 6.20 Å². The van der Waals surface area contributed by atoms with E-state index in [2.05, 4.69) is 20.6 Å². The molecular formula is C13H18N6O2. The fourth-order valence-corrected chi connectivity index (χ4v) is 1.79. The highest BCUT2D eigenvalue weighted by molar-refractivity contribution is 5.95. The van der Waals surface area contributed by atoms with Gasteiger partial charge in [0.25, 0.3) is 0 Å². The van der Waals surface area contributed by atoms with Gasteiger partial charge in [-0.05, 0) is 19.4 Å². The number of nitrogens with zero attached hydrogens (tertiary/aromatic N) is 4. The Morgan fingerprint density at radius 3 is 3.10 bits per heavy atom. The molecule has 21 heavy (non-hydrogen) atoms. The van der Waals surface area contributed by atoms with E-state index in [-0.39, 0.29) is 0 Å². The first kappa shape index (κ1) is 14.8. The van der Waals surface area contributed by atoms with Crippen molar-refractivity contribution in [3.63, 3.8) is 0 Å². The van der Waals surface area contributed by atoms with E-state index in [9.17, 15) is 4.79 Å². The van der Waals surface area contributed by atoms with Gasteiger partial charge >= 0.3 is 5.97 Å². The molecule has 2 heterocycles. The quantitative estimate of drug-likeness (QED) is 0.577. The maximum atomic E-state index is 11.9. The van der Waals surface area contributed by atoms with Gasteiger partial charge in [0.15, 0.2) is 0 Å². The van der Waals surface area contributed by atoms with Crippen LogP contribution in [0.3, 0.4) is 0 Å². The summed E-state index contributed by atoms with van der Waals surface area (Å²) in [5.74, 6) is 0.0392. The summed E-state index contributed by atoms with van der Waals surface area (Å²) in [6, 6.07) is 1.56. The number of nitrogens with two attached hydrogens (primary N) is 1. The van der Waals surface area contributed by atoms with Gasteiger partial charge in [0, 0.05) is 19.3 Å². The smallest absolute Gasteiger partial charge is 0.341 e. The number of nitrogen functional groups attached to an aromatic ring is 1. The van der Waals surface area contributed by atoms with Crippen molar-refractivity contribution < 1.29 is 9.53 Å². The third-order valence-electron chi connectivity index (χ3n) is 2.73. The molecule has 2 aromatic heterocycles. The standard InChI is InChI=1S/C13H18N6O2/c1-2-21-13(20)11-8-10(14)9-16-12(11)15-4-3-6-19-7-5-17-18-19/h5,7-9H,2-4,6,14H2,1H3,(H,15,16). The number of carbonyl (C=O) groups excluding carboxylic acids is 1. The van der Waals surface area contributed by atoms with Gasteiger partial charge in [-0.15, -0.1) is 5.10 Å². The summed E-state index contributed by atoms with van der Waals surface area (Å²) in [5, 5.41) is 10.7. The molecular weight excluding hydrogens is 272 g/mol. The summed E-state index contributed by atoms with van der Waals surface area (Å²) in [5.41, 5.74) is 6.43. The van der Waals surface area contributed by atoms with E-state index in [1.54, 1.807) is 30.1 Å². The lowest BCUT2D eigenvalue weighted by atomic mass is 10.2. The van der Waals surface area contributed by atoms with Gasteiger partial charge in [-0.1, -0.05) is 5.21 Å². The first-order chi connectivity index (χ1) is 10.2. The molecule has 0 amide bonds. The zero-order valence-electron chi connectivity index (χ0n) is 11.8. The molecule has 0 unspecified atom stereocenters. The molecule has 8 nitrogen and oxygen atoms in total. The van der Waals surface area contributed by atoms with Crippen molar-refractivity contribution in [3.8, 4) is 0 Å². The third kappa shape index (κ3) is 4.16. The number of anilines is 2. The number of nitrogens with one attached hydrogen (secondary N) is 1. The zero-order chi connectivity index (χ0) is 15.1. The van der Waals surface area contributed by atoms with Crippen LogP contribution in [0, 0.1) is 0 Å². The second-order valence-electron chi connectivity index (χ2n) is 4.33. The Bertz CT molecular complexity index is 584. The number of hydrogen-bond acceptors (Lipinski definition) is 7. The highest BCUT2D eigenvalue weighted by atomic mass is 16.5. The lowest BCUT2D eigenvalue weighted by Gasteiger charge is -2.11. The van der Waals surface area contributed by atoms with Crippen LogP contribution in [0.25, 0.3) is 0 Å². The van der Waals surface area contributed by atoms with Gasteiger partial charge in [-0.2, -0.15) is 0 Å². The van der Waals surface area contributed by atoms with Crippen molar-refractivity contribution in [2.45, 2.75) is 19.9 Å². The average molecular weight is 290 g/mol. The number of aromatic nitrogens is 4. The van der Waals surface area contributed by atoms with Crippen LogP contribution in [0.5, 0.6) is 0 Å². The molecule has 112 valence electrons. The first-order valence-electron chi connectivity index (χ1n) is 6.71. The van der Waals surface area contributed by atoms with Crippen molar-refractivity contribution in [2.75, 3.05) is 24.2 Å². The Morgan fingerprint density at radius 1 is 1.52 bits per heavy atom. The molecule has 0 radical (unpaired) electrons. The minimum absolute atomic E-state index is 0.305. The SMILES string of the molecule is CCOC(=O)c1cc(N)cnc1NCCCn1ccnn1. The number of rotatable bonds is 7. The van der Waals surface area contributed by atoms with Crippen LogP contribution in [-0.2, 0) is 11.3 Å². The molecule has 0 saturated heterocycles. The third-order valence-corrected chi connectivity index (χ3v) is 2.73. The van der Waals surface area contributed by atoms with Crippen molar-refractivity contribution >= 4 is 17.5 Å². The normalized spacial score (nSPS) is 10.3. The molecule has 2 rings (SSSR count). The highest BCUT2D eigenvalue weighted by Gasteiger charge is 2.14. The molecule has 8 heteroatoms. The Morgan fingerprint density at radius 2 is 2.38 bits per heavy atom. The van der Waals surface area contributed by atoms with Crippen molar-refractivity contribution in [1.82, 2.24) is 20.0 Å². The molecule has 0 bridgehead atoms. The first-order valence-corrected chi connectivity index (χ1v) is 6.71. The van der Waals surface area contributed by atoms with E-state index >= 15 is 0 Å². The van der Waals surface area contributed by atoms with Crippen molar-refractivity contribution in [3.05, 3.63) is 30.2 Å². The zero-order valence-corrected chi connectivity index (χ0v) is 11.8. The largest absolute Gasteiger partial charge is 0.462 e. The van der Waals surface area contributed by atoms with Gasteiger partial charge < -0.3 is 15.8 Å². The average Bonchev–Trinajstić information content (AvgIpc) is 2.98. The number of hydrogen-bond donors (Lipinski definition) is 2. The summed E-state index contributed by atoms with van der Waals surface area (Å²) in [6.07, 6.45) is 5.75. The van der Waals surface area contributed by atoms with Crippen LogP contribution in [0.2, 0.25) is 0 Å². The van der Waals surface area contributed by atoms with Gasteiger partial charge in [0.05, 0.1) is 24.7 Å². The highest BCUT2D eigenvalue weighted by Crippen LogP contribution is 2.16. The molecule has 0 atom stereocenters. The van der Waals surface area contributed by atoms with Gasteiger partial charge in [0.1, 0.15) is 11.4 Å². The van der Waals surface area contributed by atoms with Crippen LogP contribution in [-0.4, -0.2) is 39.1 Å². The number of carbonyl (C=O) groups is 1. The molecule has 0 saturated carbocycles. The molecule has 2 aromatic rings. The van der Waals surface area contributed by atoms with E-state index in [4.69, 9.17) is 10.5 Å².